The number of nitrogens with two attached hydrogens (primary N) is 1. The number of aromatic nitrogens is 2. The summed E-state index contributed by atoms with van der Waals surface area (Å²) in [5, 5.41) is 7.14. The first-order chi connectivity index (χ1) is 11.5. The van der Waals surface area contributed by atoms with Gasteiger partial charge >= 0.3 is 0 Å². The van der Waals surface area contributed by atoms with Gasteiger partial charge in [0, 0.05) is 43.8 Å². The quantitative estimate of drug-likeness (QED) is 0.833. The zero-order valence-corrected chi connectivity index (χ0v) is 13.8. The Morgan fingerprint density at radius 1 is 1.12 bits per heavy atom. The van der Waals surface area contributed by atoms with Crippen LogP contribution < -0.4 is 5.73 Å². The van der Waals surface area contributed by atoms with Crippen molar-refractivity contribution in [2.24, 2.45) is 5.73 Å². The number of likely N-dealkylation sites (N-methyl/N-ethyl adjacent to an activating group) is 1. The van der Waals surface area contributed by atoms with E-state index in [1.165, 1.54) is 11.3 Å². The minimum atomic E-state index is -0.411. The van der Waals surface area contributed by atoms with Crippen LogP contribution in [0.15, 0.2) is 30.5 Å². The molecule has 0 amide bonds. The molecule has 0 spiro atoms. The van der Waals surface area contributed by atoms with Crippen molar-refractivity contribution in [3.05, 3.63) is 53.4 Å². The minimum Gasteiger partial charge on any atom is -0.326 e. The molecule has 1 saturated heterocycles. The number of likely N-dealkylation sites (tertiary alicyclic amines) is 1. The van der Waals surface area contributed by atoms with Gasteiger partial charge in [0.25, 0.3) is 0 Å². The van der Waals surface area contributed by atoms with Crippen LogP contribution in [-0.4, -0.2) is 52.2 Å². The minimum absolute atomic E-state index is 0.320. The van der Waals surface area contributed by atoms with Crippen LogP contribution in [0, 0.1) is 11.6 Å². The van der Waals surface area contributed by atoms with Crippen molar-refractivity contribution < 1.29 is 8.78 Å². The summed E-state index contributed by atoms with van der Waals surface area (Å²) in [6.45, 7) is 4.18. The molecule has 0 aliphatic carbocycles. The van der Waals surface area contributed by atoms with Gasteiger partial charge in [-0.05, 0) is 37.7 Å². The molecule has 0 bridgehead atoms. The number of piperidine rings is 1. The third kappa shape index (κ3) is 4.17. The summed E-state index contributed by atoms with van der Waals surface area (Å²) in [5.74, 6) is -0.821. The second kappa shape index (κ2) is 7.38. The average molecular weight is 335 g/mol. The summed E-state index contributed by atoms with van der Waals surface area (Å²) >= 11 is 0. The number of fused-ring (bicyclic) bond motifs is 1. The van der Waals surface area contributed by atoms with Crippen LogP contribution in [0.2, 0.25) is 0 Å². The third-order valence-electron chi connectivity index (χ3n) is 4.51. The number of hydrogen-bond donors (Lipinski definition) is 2. The molecule has 3 heterocycles. The van der Waals surface area contributed by atoms with E-state index in [4.69, 9.17) is 5.73 Å². The van der Waals surface area contributed by atoms with Gasteiger partial charge in [0.15, 0.2) is 0 Å². The van der Waals surface area contributed by atoms with Crippen molar-refractivity contribution in [1.29, 1.82) is 0 Å². The van der Waals surface area contributed by atoms with Crippen molar-refractivity contribution in [3.8, 4) is 0 Å². The molecular weight excluding hydrogens is 312 g/mol. The fourth-order valence-corrected chi connectivity index (χ4v) is 3.37. The van der Waals surface area contributed by atoms with Crippen LogP contribution >= 0.6 is 0 Å². The molecule has 2 aliphatic heterocycles. The Bertz CT molecular complexity index is 606. The second-order valence-electron chi connectivity index (χ2n) is 6.59. The highest BCUT2D eigenvalue weighted by Gasteiger charge is 2.31. The molecule has 2 aromatic rings. The monoisotopic (exact) mass is 335 g/mol. The lowest BCUT2D eigenvalue weighted by atomic mass is 10.0. The van der Waals surface area contributed by atoms with E-state index in [9.17, 15) is 8.78 Å². The summed E-state index contributed by atoms with van der Waals surface area (Å²) in [4.78, 5) is 4.85. The molecule has 0 unspecified atom stereocenters. The number of H-pyrrole nitrogens is 1. The number of aromatic amines is 1. The van der Waals surface area contributed by atoms with Crippen LogP contribution in [0.4, 0.5) is 8.78 Å². The maximum atomic E-state index is 11.9. The van der Waals surface area contributed by atoms with E-state index in [0.717, 1.165) is 56.9 Å². The number of nitrogens with zero attached hydrogens (tertiary/aromatic N) is 3. The van der Waals surface area contributed by atoms with Gasteiger partial charge < -0.3 is 10.6 Å². The molecule has 1 fully saturated rings. The molecular formula is C17H23F2N5. The average Bonchev–Trinajstić information content (AvgIpc) is 3.11. The van der Waals surface area contributed by atoms with E-state index < -0.39 is 11.6 Å². The molecule has 24 heavy (non-hydrogen) atoms. The Balaban J connectivity index is 0.000000179. The second-order valence-corrected chi connectivity index (χ2v) is 6.59. The molecule has 2 aliphatic rings. The van der Waals surface area contributed by atoms with E-state index in [1.54, 1.807) is 0 Å². The Kier molecular flexibility index (Phi) is 5.23. The summed E-state index contributed by atoms with van der Waals surface area (Å²) < 4.78 is 23.8. The maximum Gasteiger partial charge on any atom is 0.123 e. The maximum absolute atomic E-state index is 11.9. The zero-order chi connectivity index (χ0) is 17.1. The molecule has 4 rings (SSSR count). The topological polar surface area (TPSA) is 61.2 Å². The Morgan fingerprint density at radius 2 is 1.79 bits per heavy atom. The van der Waals surface area contributed by atoms with Crippen molar-refractivity contribution in [2.45, 2.75) is 31.6 Å². The third-order valence-corrected chi connectivity index (χ3v) is 4.51. The highest BCUT2D eigenvalue weighted by molar-refractivity contribution is 5.21. The molecule has 7 heteroatoms. The Labute approximate surface area is 140 Å². The predicted octanol–water partition coefficient (Wildman–Crippen LogP) is 1.72. The summed E-state index contributed by atoms with van der Waals surface area (Å²) in [5.41, 5.74) is 8.70. The number of rotatable bonds is 1. The van der Waals surface area contributed by atoms with E-state index in [1.807, 2.05) is 6.20 Å². The van der Waals surface area contributed by atoms with Gasteiger partial charge in [-0.1, -0.05) is 0 Å². The van der Waals surface area contributed by atoms with Gasteiger partial charge in [-0.15, -0.1) is 0 Å². The van der Waals surface area contributed by atoms with Gasteiger partial charge in [-0.3, -0.25) is 10.00 Å². The lowest BCUT2D eigenvalue weighted by Gasteiger charge is -2.38. The molecule has 3 N–H and O–H groups in total. The molecule has 5 nitrogen and oxygen atoms in total. The largest absolute Gasteiger partial charge is 0.326 e. The Morgan fingerprint density at radius 3 is 2.38 bits per heavy atom. The molecule has 0 saturated carbocycles. The predicted molar refractivity (Wildman–Crippen MR) is 88.1 cm³/mol. The summed E-state index contributed by atoms with van der Waals surface area (Å²) in [6.07, 6.45) is 3.06. The van der Waals surface area contributed by atoms with Crippen molar-refractivity contribution in [2.75, 3.05) is 20.1 Å². The number of halogens is 2. The lowest BCUT2D eigenvalue weighted by molar-refractivity contribution is 0.0987. The number of nitrogens with one attached hydrogen (secondary N) is 1. The first-order valence-electron chi connectivity index (χ1n) is 8.11. The normalized spacial score (nSPS) is 24.3. The fraction of sp³-hybridized carbons (Fsp3) is 0.471. The highest BCUT2D eigenvalue weighted by Crippen LogP contribution is 2.25. The van der Waals surface area contributed by atoms with E-state index >= 15 is 0 Å². The molecule has 0 radical (unpaired) electrons. The van der Waals surface area contributed by atoms with Crippen LogP contribution in [-0.2, 0) is 13.1 Å². The van der Waals surface area contributed by atoms with Crippen molar-refractivity contribution in [3.63, 3.8) is 0 Å². The summed E-state index contributed by atoms with van der Waals surface area (Å²) in [7, 11) is 2.16. The first kappa shape index (κ1) is 17.0. The van der Waals surface area contributed by atoms with Gasteiger partial charge in [0.2, 0.25) is 0 Å². The van der Waals surface area contributed by atoms with E-state index in [2.05, 4.69) is 27.0 Å². The van der Waals surface area contributed by atoms with Crippen molar-refractivity contribution in [1.82, 2.24) is 20.0 Å². The fourth-order valence-electron chi connectivity index (χ4n) is 3.37. The standard InChI is InChI=1S/C11H19N5.C6H4F2/c1-15-5-9(12)2-10(6-15)16-4-8-3-13-14-11(8)7-16;7-5-1-2-6(8)4-3-5/h3,9-10H,2,4-7,12H2,1H3,(H,13,14);1-4H/t9-,10+;/m0./s1. The number of hydrogen-bond acceptors (Lipinski definition) is 4. The van der Waals surface area contributed by atoms with Crippen LogP contribution in [0.5, 0.6) is 0 Å². The van der Waals surface area contributed by atoms with Gasteiger partial charge in [0.1, 0.15) is 11.6 Å². The van der Waals surface area contributed by atoms with E-state index in [-0.39, 0.29) is 0 Å². The molecule has 130 valence electrons. The lowest BCUT2D eigenvalue weighted by Crippen LogP contribution is -2.52. The Hall–Kier alpha value is -1.83. The number of benzene rings is 1. The SMILES string of the molecule is CN1C[C@@H](N)C[C@@H](N2Cc3cn[nH]c3C2)C1.Fc1ccc(F)cc1. The molecule has 1 aromatic heterocycles. The van der Waals surface area contributed by atoms with Gasteiger partial charge in [0.05, 0.1) is 11.9 Å². The van der Waals surface area contributed by atoms with Gasteiger partial charge in [-0.25, -0.2) is 8.78 Å². The smallest absolute Gasteiger partial charge is 0.123 e. The highest BCUT2D eigenvalue weighted by atomic mass is 19.1. The van der Waals surface area contributed by atoms with Crippen LogP contribution in [0.1, 0.15) is 17.7 Å². The summed E-state index contributed by atoms with van der Waals surface area (Å²) in [6, 6.07) is 5.23. The van der Waals surface area contributed by atoms with Crippen molar-refractivity contribution >= 4 is 0 Å². The molecule has 1 aromatic carbocycles. The zero-order valence-electron chi connectivity index (χ0n) is 13.8. The molecule has 2 atom stereocenters. The van der Waals surface area contributed by atoms with Gasteiger partial charge in [-0.2, -0.15) is 5.10 Å². The first-order valence-corrected chi connectivity index (χ1v) is 8.11. The van der Waals surface area contributed by atoms with E-state index in [0.29, 0.717) is 12.1 Å². The van der Waals surface area contributed by atoms with Crippen LogP contribution in [0.25, 0.3) is 0 Å². The van der Waals surface area contributed by atoms with Crippen LogP contribution in [0.3, 0.4) is 0 Å².